The number of halogens is 2. The molecule has 2 aromatic carbocycles. The lowest BCUT2D eigenvalue weighted by atomic mass is 10.1. The Balaban J connectivity index is 2.32. The molecule has 0 fully saturated rings. The summed E-state index contributed by atoms with van der Waals surface area (Å²) in [7, 11) is 0. The third-order valence-corrected chi connectivity index (χ3v) is 2.76. The van der Waals surface area contributed by atoms with Crippen LogP contribution in [0.25, 0.3) is 0 Å². The molecule has 2 rings (SSSR count). The van der Waals surface area contributed by atoms with Crippen molar-refractivity contribution in [2.24, 2.45) is 0 Å². The molecule has 0 heterocycles. The first-order valence-corrected chi connectivity index (χ1v) is 5.68. The van der Waals surface area contributed by atoms with Gasteiger partial charge in [-0.3, -0.25) is 4.79 Å². The highest BCUT2D eigenvalue weighted by Gasteiger charge is 2.16. The number of aryl methyl sites for hydroxylation is 1. The van der Waals surface area contributed by atoms with E-state index in [0.29, 0.717) is 0 Å². The molecule has 0 saturated heterocycles. The van der Waals surface area contributed by atoms with E-state index >= 15 is 0 Å². The second-order valence-electron chi connectivity index (χ2n) is 4.21. The highest BCUT2D eigenvalue weighted by Crippen LogP contribution is 2.26. The van der Waals surface area contributed by atoms with Crippen LogP contribution in [-0.4, -0.2) is 16.1 Å². The normalized spacial score (nSPS) is 10.3. The zero-order valence-corrected chi connectivity index (χ0v) is 10.4. The van der Waals surface area contributed by atoms with Crippen molar-refractivity contribution in [2.75, 3.05) is 5.32 Å². The largest absolute Gasteiger partial charge is 0.504 e. The first-order valence-electron chi connectivity index (χ1n) is 5.68. The van der Waals surface area contributed by atoms with Crippen molar-refractivity contribution in [1.82, 2.24) is 0 Å². The predicted octanol–water partition coefficient (Wildman–Crippen LogP) is 2.94. The molecular formula is C14H11F2NO3. The van der Waals surface area contributed by atoms with Crippen molar-refractivity contribution in [3.8, 4) is 11.5 Å². The summed E-state index contributed by atoms with van der Waals surface area (Å²) in [5.74, 6) is -3.45. The second kappa shape index (κ2) is 5.16. The molecule has 0 unspecified atom stereocenters. The van der Waals surface area contributed by atoms with Gasteiger partial charge in [0.15, 0.2) is 17.3 Å². The number of carbonyl (C=O) groups excluding carboxylic acids is 1. The van der Waals surface area contributed by atoms with Crippen molar-refractivity contribution < 1.29 is 23.8 Å². The molecule has 4 nitrogen and oxygen atoms in total. The van der Waals surface area contributed by atoms with Crippen molar-refractivity contribution in [1.29, 1.82) is 0 Å². The second-order valence-corrected chi connectivity index (χ2v) is 4.21. The van der Waals surface area contributed by atoms with E-state index in [0.717, 1.165) is 18.2 Å². The van der Waals surface area contributed by atoms with Gasteiger partial charge in [-0.25, -0.2) is 8.78 Å². The standard InChI is InChI=1S/C14H11F2NO3/c1-7-2-4-9(15)13(12(7)16)17-14(20)8-3-5-10(18)11(19)6-8/h2-6,18-19H,1H3,(H,17,20). The van der Waals surface area contributed by atoms with Gasteiger partial charge in [-0.05, 0) is 36.8 Å². The van der Waals surface area contributed by atoms with Crippen LogP contribution in [0.2, 0.25) is 0 Å². The maximum absolute atomic E-state index is 13.7. The van der Waals surface area contributed by atoms with Gasteiger partial charge in [0.05, 0.1) is 0 Å². The first-order chi connectivity index (χ1) is 9.40. The molecule has 6 heteroatoms. The maximum atomic E-state index is 13.7. The Kier molecular flexibility index (Phi) is 3.56. The number of aromatic hydroxyl groups is 2. The Labute approximate surface area is 113 Å². The zero-order chi connectivity index (χ0) is 14.9. The van der Waals surface area contributed by atoms with Gasteiger partial charge in [-0.2, -0.15) is 0 Å². The van der Waals surface area contributed by atoms with E-state index in [2.05, 4.69) is 5.32 Å². The van der Waals surface area contributed by atoms with Crippen LogP contribution in [-0.2, 0) is 0 Å². The topological polar surface area (TPSA) is 69.6 Å². The summed E-state index contributed by atoms with van der Waals surface area (Å²) in [6, 6.07) is 5.62. The number of phenolic OH excluding ortho intramolecular Hbond substituents is 2. The number of hydrogen-bond acceptors (Lipinski definition) is 3. The smallest absolute Gasteiger partial charge is 0.255 e. The molecule has 0 atom stereocenters. The van der Waals surface area contributed by atoms with Gasteiger partial charge in [0.2, 0.25) is 0 Å². The lowest BCUT2D eigenvalue weighted by molar-refractivity contribution is 0.102. The van der Waals surface area contributed by atoms with E-state index in [4.69, 9.17) is 5.11 Å². The number of hydrogen-bond donors (Lipinski definition) is 3. The summed E-state index contributed by atoms with van der Waals surface area (Å²) in [6.07, 6.45) is 0. The summed E-state index contributed by atoms with van der Waals surface area (Å²) in [6.45, 7) is 1.44. The molecule has 0 aliphatic heterocycles. The summed E-state index contributed by atoms with van der Waals surface area (Å²) in [5.41, 5.74) is -0.404. The summed E-state index contributed by atoms with van der Waals surface area (Å²) in [4.78, 5) is 11.9. The van der Waals surface area contributed by atoms with E-state index in [-0.39, 0.29) is 11.1 Å². The Morgan fingerprint density at radius 3 is 2.45 bits per heavy atom. The molecule has 2 aromatic rings. The van der Waals surface area contributed by atoms with E-state index in [1.807, 2.05) is 0 Å². The van der Waals surface area contributed by atoms with Crippen LogP contribution in [0.3, 0.4) is 0 Å². The predicted molar refractivity (Wildman–Crippen MR) is 68.8 cm³/mol. The fourth-order valence-corrected chi connectivity index (χ4v) is 1.62. The van der Waals surface area contributed by atoms with Gasteiger partial charge >= 0.3 is 0 Å². The van der Waals surface area contributed by atoms with Crippen LogP contribution in [0.15, 0.2) is 30.3 Å². The average Bonchev–Trinajstić information content (AvgIpc) is 2.42. The number of nitrogens with one attached hydrogen (secondary N) is 1. The van der Waals surface area contributed by atoms with Crippen LogP contribution < -0.4 is 5.32 Å². The molecular weight excluding hydrogens is 268 g/mol. The molecule has 0 aromatic heterocycles. The zero-order valence-electron chi connectivity index (χ0n) is 10.4. The average molecular weight is 279 g/mol. The Morgan fingerprint density at radius 1 is 1.10 bits per heavy atom. The van der Waals surface area contributed by atoms with Crippen molar-refractivity contribution >= 4 is 11.6 Å². The molecule has 20 heavy (non-hydrogen) atoms. The molecule has 104 valence electrons. The minimum absolute atomic E-state index is 0.0411. The number of carbonyl (C=O) groups is 1. The van der Waals surface area contributed by atoms with Crippen LogP contribution in [0.5, 0.6) is 11.5 Å². The molecule has 0 aliphatic carbocycles. The van der Waals surface area contributed by atoms with Crippen molar-refractivity contribution in [2.45, 2.75) is 6.92 Å². The van der Waals surface area contributed by atoms with Gasteiger partial charge in [-0.15, -0.1) is 0 Å². The SMILES string of the molecule is Cc1ccc(F)c(NC(=O)c2ccc(O)c(O)c2)c1F. The highest BCUT2D eigenvalue weighted by atomic mass is 19.1. The molecule has 0 spiro atoms. The molecule has 0 saturated carbocycles. The lowest BCUT2D eigenvalue weighted by Gasteiger charge is -2.09. The van der Waals surface area contributed by atoms with Gasteiger partial charge in [0.1, 0.15) is 11.5 Å². The fourth-order valence-electron chi connectivity index (χ4n) is 1.62. The third-order valence-electron chi connectivity index (χ3n) is 2.76. The Morgan fingerprint density at radius 2 is 1.80 bits per heavy atom. The monoisotopic (exact) mass is 279 g/mol. The molecule has 0 bridgehead atoms. The minimum atomic E-state index is -0.899. The number of anilines is 1. The maximum Gasteiger partial charge on any atom is 0.255 e. The summed E-state index contributed by atoms with van der Waals surface area (Å²) in [5, 5.41) is 20.5. The van der Waals surface area contributed by atoms with Crippen LogP contribution >= 0.6 is 0 Å². The Hall–Kier alpha value is -2.63. The van der Waals surface area contributed by atoms with Gasteiger partial charge in [-0.1, -0.05) is 6.07 Å². The van der Waals surface area contributed by atoms with E-state index in [1.165, 1.54) is 19.1 Å². The first kappa shape index (κ1) is 13.8. The minimum Gasteiger partial charge on any atom is -0.504 e. The molecule has 0 aliphatic rings. The summed E-state index contributed by atoms with van der Waals surface area (Å²) >= 11 is 0. The van der Waals surface area contributed by atoms with Crippen molar-refractivity contribution in [3.63, 3.8) is 0 Å². The van der Waals surface area contributed by atoms with Gasteiger partial charge in [0.25, 0.3) is 5.91 Å². The molecule has 3 N–H and O–H groups in total. The van der Waals surface area contributed by atoms with Crippen LogP contribution in [0.4, 0.5) is 14.5 Å². The van der Waals surface area contributed by atoms with E-state index in [1.54, 1.807) is 0 Å². The van der Waals surface area contributed by atoms with Gasteiger partial charge in [0, 0.05) is 5.56 Å². The van der Waals surface area contributed by atoms with E-state index in [9.17, 15) is 18.7 Å². The number of benzene rings is 2. The quantitative estimate of drug-likeness (QED) is 0.740. The Bertz CT molecular complexity index is 686. The van der Waals surface area contributed by atoms with E-state index < -0.39 is 34.7 Å². The summed E-state index contributed by atoms with van der Waals surface area (Å²) < 4.78 is 27.2. The number of phenols is 2. The van der Waals surface area contributed by atoms with Crippen molar-refractivity contribution in [3.05, 3.63) is 53.1 Å². The lowest BCUT2D eigenvalue weighted by Crippen LogP contribution is -2.14. The fraction of sp³-hybridized carbons (Fsp3) is 0.0714. The molecule has 1 amide bonds. The van der Waals surface area contributed by atoms with Gasteiger partial charge < -0.3 is 15.5 Å². The van der Waals surface area contributed by atoms with Crippen LogP contribution in [0.1, 0.15) is 15.9 Å². The van der Waals surface area contributed by atoms with Crippen LogP contribution in [0, 0.1) is 18.6 Å². The molecule has 0 radical (unpaired) electrons. The number of rotatable bonds is 2. The number of amides is 1. The highest BCUT2D eigenvalue weighted by molar-refractivity contribution is 6.04. The third kappa shape index (κ3) is 2.54.